The second-order valence-corrected chi connectivity index (χ2v) is 2.15. The van der Waals surface area contributed by atoms with Crippen LogP contribution in [0.2, 0.25) is 0 Å². The maximum atomic E-state index is 2.89. The van der Waals surface area contributed by atoms with Crippen LogP contribution >= 0.6 is 0 Å². The van der Waals surface area contributed by atoms with Crippen LogP contribution in [0, 0.1) is 12.1 Å². The van der Waals surface area contributed by atoms with Crippen LogP contribution in [0.1, 0.15) is 0 Å². The molecule has 2 heteroatoms. The van der Waals surface area contributed by atoms with Gasteiger partial charge in [0.25, 0.3) is 0 Å². The normalized spacial score (nSPS) is 6.86. The Morgan fingerprint density at radius 3 is 0.857 bits per heavy atom. The first kappa shape index (κ1) is 16.0. The average Bonchev–Trinajstić information content (AvgIpc) is 2.24. The van der Waals surface area contributed by atoms with E-state index < -0.39 is 0 Å². The van der Waals surface area contributed by atoms with Crippen LogP contribution in [0.4, 0.5) is 0 Å². The third kappa shape index (κ3) is 9.64. The van der Waals surface area contributed by atoms with Crippen molar-refractivity contribution in [2.24, 2.45) is 0 Å². The first-order valence-corrected chi connectivity index (χ1v) is 3.82. The number of benzene rings is 2. The molecule has 0 spiro atoms. The van der Waals surface area contributed by atoms with E-state index in [9.17, 15) is 0 Å². The molecule has 0 aliphatic heterocycles. The fourth-order valence-corrected chi connectivity index (χ4v) is 0.684. The van der Waals surface area contributed by atoms with Crippen LogP contribution in [0.5, 0.6) is 0 Å². The minimum atomic E-state index is 0. The van der Waals surface area contributed by atoms with Gasteiger partial charge in [-0.2, -0.15) is 72.8 Å². The van der Waals surface area contributed by atoms with E-state index in [0.717, 1.165) is 0 Å². The van der Waals surface area contributed by atoms with Crippen LogP contribution in [0.15, 0.2) is 60.7 Å². The first-order valence-electron chi connectivity index (χ1n) is 3.82. The topological polar surface area (TPSA) is 0 Å². The van der Waals surface area contributed by atoms with E-state index in [1.807, 2.05) is 60.7 Å². The molecular formula is C12H10CuLi. The molecule has 0 aliphatic rings. The van der Waals surface area contributed by atoms with Crippen LogP contribution < -0.4 is 0 Å². The van der Waals surface area contributed by atoms with E-state index in [-0.39, 0.29) is 35.9 Å². The fourth-order valence-electron chi connectivity index (χ4n) is 0.684. The van der Waals surface area contributed by atoms with Gasteiger partial charge in [0.1, 0.15) is 0 Å². The van der Waals surface area contributed by atoms with Gasteiger partial charge in [-0.05, 0) is 0 Å². The molecule has 0 bridgehead atoms. The maximum absolute atomic E-state index is 2.89. The van der Waals surface area contributed by atoms with Crippen molar-refractivity contribution < 1.29 is 17.1 Å². The Kier molecular flexibility index (Phi) is 14.4. The van der Waals surface area contributed by atoms with Crippen molar-refractivity contribution >= 4 is 18.9 Å². The number of hydrogen-bond acceptors (Lipinski definition) is 0. The van der Waals surface area contributed by atoms with Crippen LogP contribution in [0.3, 0.4) is 0 Å². The molecule has 0 N–H and O–H groups in total. The van der Waals surface area contributed by atoms with E-state index in [4.69, 9.17) is 0 Å². The molecule has 2 aromatic carbocycles. The molecule has 0 fully saturated rings. The summed E-state index contributed by atoms with van der Waals surface area (Å²) in [5.74, 6) is 0. The zero-order chi connectivity index (χ0) is 8.49. The zero-order valence-corrected chi connectivity index (χ0v) is 9.02. The second-order valence-electron chi connectivity index (χ2n) is 2.15. The molecule has 0 amide bonds. The van der Waals surface area contributed by atoms with Gasteiger partial charge in [0.15, 0.2) is 0 Å². The molecular weight excluding hydrogens is 215 g/mol. The maximum Gasteiger partial charge on any atom is 2.00 e. The third-order valence-corrected chi connectivity index (χ3v) is 1.21. The van der Waals surface area contributed by atoms with E-state index >= 15 is 0 Å². The molecule has 0 aromatic heterocycles. The summed E-state index contributed by atoms with van der Waals surface area (Å²) in [4.78, 5) is 0. The van der Waals surface area contributed by atoms with E-state index in [1.54, 1.807) is 0 Å². The van der Waals surface area contributed by atoms with Crippen molar-refractivity contribution in [2.75, 3.05) is 0 Å². The Hall–Kier alpha value is -0.443. The minimum absolute atomic E-state index is 0. The molecule has 0 heterocycles. The SMILES string of the molecule is [Cu+2].[Li].[c-]1ccccc1.[c-]1ccccc1. The Labute approximate surface area is 108 Å². The van der Waals surface area contributed by atoms with Gasteiger partial charge in [-0.1, -0.05) is 0 Å². The van der Waals surface area contributed by atoms with Gasteiger partial charge in [-0.15, -0.1) is 0 Å². The van der Waals surface area contributed by atoms with E-state index in [0.29, 0.717) is 0 Å². The summed E-state index contributed by atoms with van der Waals surface area (Å²) in [5, 5.41) is 0. The quantitative estimate of drug-likeness (QED) is 0.477. The van der Waals surface area contributed by atoms with Crippen molar-refractivity contribution in [1.29, 1.82) is 0 Å². The largest absolute Gasteiger partial charge is 2.00 e. The Balaban J connectivity index is 0. The van der Waals surface area contributed by atoms with Crippen molar-refractivity contribution in [3.8, 4) is 0 Å². The predicted molar refractivity (Wildman–Crippen MR) is 56.3 cm³/mol. The van der Waals surface area contributed by atoms with Crippen molar-refractivity contribution in [3.05, 3.63) is 72.8 Å². The molecule has 0 aliphatic carbocycles. The van der Waals surface area contributed by atoms with Crippen molar-refractivity contribution in [3.63, 3.8) is 0 Å². The van der Waals surface area contributed by atoms with E-state index in [1.165, 1.54) is 0 Å². The summed E-state index contributed by atoms with van der Waals surface area (Å²) in [7, 11) is 0. The van der Waals surface area contributed by atoms with Crippen LogP contribution in [-0.2, 0) is 17.1 Å². The summed E-state index contributed by atoms with van der Waals surface area (Å²) < 4.78 is 0. The Morgan fingerprint density at radius 2 is 0.786 bits per heavy atom. The van der Waals surface area contributed by atoms with Gasteiger partial charge in [-0.25, -0.2) is 0 Å². The molecule has 70 valence electrons. The smallest absolute Gasteiger partial charge is 0.184 e. The van der Waals surface area contributed by atoms with Crippen LogP contribution in [0.25, 0.3) is 0 Å². The molecule has 14 heavy (non-hydrogen) atoms. The molecule has 0 saturated carbocycles. The summed E-state index contributed by atoms with van der Waals surface area (Å²) in [6, 6.07) is 25.0. The predicted octanol–water partition coefficient (Wildman–Crippen LogP) is 2.59. The average molecular weight is 225 g/mol. The van der Waals surface area contributed by atoms with Crippen molar-refractivity contribution in [2.45, 2.75) is 0 Å². The zero-order valence-electron chi connectivity index (χ0n) is 8.08. The standard InChI is InChI=1S/2C6H5.Cu.Li/c2*1-2-4-6-5-3-1;;/h2*1-5H;;/q2*-1;+2;. The molecule has 2 aromatic rings. The summed E-state index contributed by atoms with van der Waals surface area (Å²) in [6.07, 6.45) is 0. The number of rotatable bonds is 0. The molecule has 0 saturated heterocycles. The first-order chi connectivity index (χ1) is 6.00. The van der Waals surface area contributed by atoms with Crippen LogP contribution in [-0.4, -0.2) is 18.9 Å². The second kappa shape index (κ2) is 12.6. The summed E-state index contributed by atoms with van der Waals surface area (Å²) >= 11 is 0. The Morgan fingerprint density at radius 1 is 0.500 bits per heavy atom. The van der Waals surface area contributed by atoms with Gasteiger partial charge in [-0.3, -0.25) is 0 Å². The van der Waals surface area contributed by atoms with Gasteiger partial charge >= 0.3 is 17.1 Å². The molecule has 0 nitrogen and oxygen atoms in total. The molecule has 2 radical (unpaired) electrons. The summed E-state index contributed by atoms with van der Waals surface area (Å²) in [6.45, 7) is 0. The molecule has 0 atom stereocenters. The van der Waals surface area contributed by atoms with Gasteiger partial charge in [0, 0.05) is 18.9 Å². The van der Waals surface area contributed by atoms with Crippen molar-refractivity contribution in [1.82, 2.24) is 0 Å². The number of hydrogen-bond donors (Lipinski definition) is 0. The third-order valence-electron chi connectivity index (χ3n) is 1.21. The monoisotopic (exact) mass is 224 g/mol. The fraction of sp³-hybridized carbons (Fsp3) is 0. The summed E-state index contributed by atoms with van der Waals surface area (Å²) in [5.41, 5.74) is 0. The minimum Gasteiger partial charge on any atom is -0.184 e. The molecule has 0 unspecified atom stereocenters. The Bertz CT molecular complexity index is 186. The van der Waals surface area contributed by atoms with Gasteiger partial charge < -0.3 is 0 Å². The molecule has 2 rings (SSSR count). The van der Waals surface area contributed by atoms with Gasteiger partial charge in [0.05, 0.1) is 0 Å². The van der Waals surface area contributed by atoms with E-state index in [2.05, 4.69) is 12.1 Å². The van der Waals surface area contributed by atoms with Gasteiger partial charge in [0.2, 0.25) is 0 Å².